The number of hydrogen-bond donors (Lipinski definition) is 0. The zero-order valence-corrected chi connectivity index (χ0v) is 16.0. The molecule has 2 aromatic heterocycles. The van der Waals surface area contributed by atoms with Crippen molar-refractivity contribution in [3.05, 3.63) is 68.0 Å². The maximum Gasteiger partial charge on any atom is 0.346 e. The van der Waals surface area contributed by atoms with Gasteiger partial charge in [0.05, 0.1) is 4.34 Å². The lowest BCUT2D eigenvalue weighted by Crippen LogP contribution is -2.26. The Morgan fingerprint density at radius 1 is 1.32 bits per heavy atom. The van der Waals surface area contributed by atoms with Gasteiger partial charge in [-0.05, 0) is 36.8 Å². The lowest BCUT2D eigenvalue weighted by Gasteiger charge is -2.14. The number of thiazole rings is 1. The van der Waals surface area contributed by atoms with Crippen LogP contribution in [-0.4, -0.2) is 22.5 Å². The van der Waals surface area contributed by atoms with Gasteiger partial charge in [0.25, 0.3) is 0 Å². The number of benzene rings is 1. The zero-order chi connectivity index (χ0) is 18.0. The summed E-state index contributed by atoms with van der Waals surface area (Å²) in [4.78, 5) is 19.7. The Balaban J connectivity index is 1.86. The van der Waals surface area contributed by atoms with E-state index < -0.39 is 0 Å². The molecule has 3 aromatic rings. The van der Waals surface area contributed by atoms with Crippen LogP contribution in [-0.2, 0) is 6.54 Å². The van der Waals surface area contributed by atoms with Crippen molar-refractivity contribution in [2.45, 2.75) is 13.5 Å². The fourth-order valence-electron chi connectivity index (χ4n) is 2.27. The average Bonchev–Trinajstić information content (AvgIpc) is 3.13. The van der Waals surface area contributed by atoms with Crippen LogP contribution in [0, 0.1) is 12.7 Å². The summed E-state index contributed by atoms with van der Waals surface area (Å²) in [5.41, 5.74) is 0.714. The topological polar surface area (TPSA) is 37.6 Å². The summed E-state index contributed by atoms with van der Waals surface area (Å²) in [7, 11) is 1.64. The fraction of sp³-hybridized carbons (Fsp3) is 0.176. The first-order valence-corrected chi connectivity index (χ1v) is 9.42. The molecule has 0 bridgehead atoms. The van der Waals surface area contributed by atoms with Crippen molar-refractivity contribution < 1.29 is 9.18 Å². The highest BCUT2D eigenvalue weighted by Crippen LogP contribution is 2.24. The number of nitrogens with zero attached hydrogens (tertiary/aromatic N) is 3. The van der Waals surface area contributed by atoms with Gasteiger partial charge in [0.1, 0.15) is 10.8 Å². The minimum Gasteiger partial charge on any atom is -0.322 e. The minimum absolute atomic E-state index is 0.287. The molecule has 1 aromatic carbocycles. The summed E-state index contributed by atoms with van der Waals surface area (Å²) in [6.45, 7) is 2.24. The number of hydrogen-bond acceptors (Lipinski definition) is 3. The van der Waals surface area contributed by atoms with E-state index in [4.69, 9.17) is 11.6 Å². The zero-order valence-electron chi connectivity index (χ0n) is 13.6. The summed E-state index contributed by atoms with van der Waals surface area (Å²) in [6, 6.07) is 9.49. The van der Waals surface area contributed by atoms with Gasteiger partial charge in [-0.3, -0.25) is 4.57 Å². The van der Waals surface area contributed by atoms with E-state index in [2.05, 4.69) is 4.99 Å². The molecule has 0 spiro atoms. The SMILES string of the molecule is Cc1cn(-c2ccc(Cl)s2)c(=NC(=O)N(C)Cc2cccc(F)c2)s1. The van der Waals surface area contributed by atoms with E-state index in [-0.39, 0.29) is 18.4 Å². The molecule has 0 saturated carbocycles. The van der Waals surface area contributed by atoms with Gasteiger partial charge in [-0.1, -0.05) is 23.7 Å². The largest absolute Gasteiger partial charge is 0.346 e. The Hall–Kier alpha value is -1.96. The van der Waals surface area contributed by atoms with Crippen LogP contribution in [0.3, 0.4) is 0 Å². The average molecular weight is 396 g/mol. The molecule has 3 rings (SSSR count). The maximum atomic E-state index is 13.3. The number of thiophene rings is 1. The van der Waals surface area contributed by atoms with Gasteiger partial charge in [0, 0.05) is 24.7 Å². The molecule has 0 N–H and O–H groups in total. The summed E-state index contributed by atoms with van der Waals surface area (Å²) in [5.74, 6) is -0.323. The highest BCUT2D eigenvalue weighted by atomic mass is 35.5. The Morgan fingerprint density at radius 2 is 2.12 bits per heavy atom. The second kappa shape index (κ2) is 7.51. The van der Waals surface area contributed by atoms with Crippen LogP contribution in [0.4, 0.5) is 9.18 Å². The van der Waals surface area contributed by atoms with Gasteiger partial charge >= 0.3 is 6.03 Å². The molecule has 0 saturated heterocycles. The molecule has 0 aliphatic heterocycles. The summed E-state index contributed by atoms with van der Waals surface area (Å²) in [5, 5.41) is 0.897. The second-order valence-electron chi connectivity index (χ2n) is 5.45. The number of carbonyl (C=O) groups excluding carboxylic acids is 1. The van der Waals surface area contributed by atoms with Crippen LogP contribution in [0.2, 0.25) is 4.34 Å². The molecular weight excluding hydrogens is 381 g/mol. The van der Waals surface area contributed by atoms with Crippen molar-refractivity contribution in [3.8, 4) is 5.00 Å². The normalized spacial score (nSPS) is 11.8. The van der Waals surface area contributed by atoms with Gasteiger partial charge in [-0.15, -0.1) is 22.7 Å². The van der Waals surface area contributed by atoms with Gasteiger partial charge < -0.3 is 4.90 Å². The Morgan fingerprint density at radius 3 is 2.80 bits per heavy atom. The molecule has 2 heterocycles. The lowest BCUT2D eigenvalue weighted by molar-refractivity contribution is 0.216. The standard InChI is InChI=1S/C17H15ClFN3OS2/c1-11-9-22(15-7-6-14(18)25-15)17(24-11)20-16(23)21(2)10-12-4-3-5-13(19)8-12/h3-9H,10H2,1-2H3. The van der Waals surface area contributed by atoms with Crippen LogP contribution >= 0.6 is 34.3 Å². The highest BCUT2D eigenvalue weighted by Gasteiger charge is 2.11. The number of aryl methyl sites for hydroxylation is 1. The van der Waals surface area contributed by atoms with Crippen LogP contribution in [0.15, 0.2) is 47.6 Å². The van der Waals surface area contributed by atoms with E-state index in [1.807, 2.05) is 29.8 Å². The molecule has 4 nitrogen and oxygen atoms in total. The quantitative estimate of drug-likeness (QED) is 0.624. The van der Waals surface area contributed by atoms with Gasteiger partial charge in [0.15, 0.2) is 4.80 Å². The maximum absolute atomic E-state index is 13.3. The highest BCUT2D eigenvalue weighted by molar-refractivity contribution is 7.18. The summed E-state index contributed by atoms with van der Waals surface area (Å²) >= 11 is 8.84. The van der Waals surface area contributed by atoms with E-state index in [9.17, 15) is 9.18 Å². The monoisotopic (exact) mass is 395 g/mol. The molecule has 25 heavy (non-hydrogen) atoms. The molecule has 0 radical (unpaired) electrons. The van der Waals surface area contributed by atoms with Crippen molar-refractivity contribution >= 4 is 40.3 Å². The number of amides is 2. The first-order chi connectivity index (χ1) is 11.9. The van der Waals surface area contributed by atoms with Crippen molar-refractivity contribution in [2.75, 3.05) is 7.05 Å². The summed E-state index contributed by atoms with van der Waals surface area (Å²) in [6.07, 6.45) is 1.92. The van der Waals surface area contributed by atoms with Crippen molar-refractivity contribution in [1.29, 1.82) is 0 Å². The molecular formula is C17H15ClFN3OS2. The summed E-state index contributed by atoms with van der Waals surface area (Å²) < 4.78 is 15.8. The Bertz CT molecular complexity index is 976. The number of aromatic nitrogens is 1. The Labute approximate surface area is 157 Å². The molecule has 0 unspecified atom stereocenters. The van der Waals surface area contributed by atoms with E-state index in [0.717, 1.165) is 9.88 Å². The first-order valence-electron chi connectivity index (χ1n) is 7.41. The molecule has 130 valence electrons. The smallest absolute Gasteiger partial charge is 0.322 e. The third-order valence-corrected chi connectivity index (χ3v) is 5.52. The predicted octanol–water partition coefficient (Wildman–Crippen LogP) is 4.85. The fourth-order valence-corrected chi connectivity index (χ4v) is 4.16. The third kappa shape index (κ3) is 4.36. The predicted molar refractivity (Wildman–Crippen MR) is 100 cm³/mol. The van der Waals surface area contributed by atoms with Crippen molar-refractivity contribution in [3.63, 3.8) is 0 Å². The minimum atomic E-state index is -0.387. The molecule has 2 amide bonds. The van der Waals surface area contributed by atoms with E-state index in [0.29, 0.717) is 14.7 Å². The van der Waals surface area contributed by atoms with Gasteiger partial charge in [-0.25, -0.2) is 9.18 Å². The first kappa shape index (κ1) is 17.8. The van der Waals surface area contributed by atoms with Gasteiger partial charge in [-0.2, -0.15) is 4.99 Å². The molecule has 0 atom stereocenters. The van der Waals surface area contributed by atoms with Crippen molar-refractivity contribution in [1.82, 2.24) is 9.47 Å². The van der Waals surface area contributed by atoms with Crippen LogP contribution in [0.25, 0.3) is 5.00 Å². The number of urea groups is 1. The van der Waals surface area contributed by atoms with Crippen LogP contribution in [0.1, 0.15) is 10.4 Å². The number of halogens is 2. The second-order valence-corrected chi connectivity index (χ2v) is 8.36. The Kier molecular flexibility index (Phi) is 5.36. The van der Waals surface area contributed by atoms with E-state index in [1.165, 1.54) is 39.7 Å². The number of rotatable bonds is 3. The van der Waals surface area contributed by atoms with Crippen molar-refractivity contribution in [2.24, 2.45) is 4.99 Å². The van der Waals surface area contributed by atoms with Gasteiger partial charge in [0.2, 0.25) is 0 Å². The van der Waals surface area contributed by atoms with Crippen LogP contribution in [0.5, 0.6) is 0 Å². The molecule has 8 heteroatoms. The van der Waals surface area contributed by atoms with E-state index >= 15 is 0 Å². The number of carbonyl (C=O) groups is 1. The molecule has 0 aliphatic rings. The van der Waals surface area contributed by atoms with Crippen LogP contribution < -0.4 is 4.80 Å². The third-order valence-electron chi connectivity index (χ3n) is 3.39. The van der Waals surface area contributed by atoms with E-state index in [1.54, 1.807) is 19.2 Å². The molecule has 0 aliphatic carbocycles. The lowest BCUT2D eigenvalue weighted by atomic mass is 10.2. The molecule has 0 fully saturated rings.